The Morgan fingerprint density at radius 1 is 1.25 bits per heavy atom. The molecule has 0 atom stereocenters. The number of hydrogen-bond acceptors (Lipinski definition) is 0. The summed E-state index contributed by atoms with van der Waals surface area (Å²) in [5.74, 6) is 0. The molecule has 0 spiro atoms. The Labute approximate surface area is 77.0 Å². The maximum Gasteiger partial charge on any atom is 1.00 e. The van der Waals surface area contributed by atoms with Crippen LogP contribution < -0.4 is 29.6 Å². The van der Waals surface area contributed by atoms with Gasteiger partial charge in [0.05, 0.1) is 0 Å². The van der Waals surface area contributed by atoms with Crippen molar-refractivity contribution in [2.24, 2.45) is 0 Å². The molecule has 3 radical (unpaired) electrons. The molecule has 0 aromatic carbocycles. The van der Waals surface area contributed by atoms with Gasteiger partial charge in [0.15, 0.2) is 0 Å². The summed E-state index contributed by atoms with van der Waals surface area (Å²) in [6, 6.07) is 0. The smallest absolute Gasteiger partial charge is 1.00 e. The van der Waals surface area contributed by atoms with Crippen LogP contribution in [0.15, 0.2) is 0 Å². The molecule has 0 heterocycles. The van der Waals surface area contributed by atoms with E-state index in [0.29, 0.717) is 0 Å². The van der Waals surface area contributed by atoms with Gasteiger partial charge < -0.3 is 1.43 Å². The van der Waals surface area contributed by atoms with Crippen molar-refractivity contribution in [3.63, 3.8) is 0 Å². The predicted octanol–water partition coefficient (Wildman–Crippen LogP) is -2.85. The Kier molecular flexibility index (Phi) is 160. The van der Waals surface area contributed by atoms with Crippen LogP contribution in [-0.2, 0) is 26.2 Å². The van der Waals surface area contributed by atoms with Crippen LogP contribution >= 0.6 is 12.4 Å². The van der Waals surface area contributed by atoms with Gasteiger partial charge in [-0.3, -0.25) is 0 Å². The largest absolute Gasteiger partial charge is 1.00 e. The van der Waals surface area contributed by atoms with Gasteiger partial charge in [-0.2, -0.15) is 0 Å². The minimum atomic E-state index is 0. The molecule has 0 aliphatic carbocycles. The SMILES string of the molecule is Cl.[B].[H-].[Na+].[Zr]. The molecule has 4 heavy (non-hydrogen) atoms. The van der Waals surface area contributed by atoms with E-state index in [9.17, 15) is 0 Å². The van der Waals surface area contributed by atoms with Crippen molar-refractivity contribution in [2.75, 3.05) is 0 Å². The normalized spacial score (nSPS) is 0. The van der Waals surface area contributed by atoms with Gasteiger partial charge in [0.1, 0.15) is 0 Å². The van der Waals surface area contributed by atoms with Crippen molar-refractivity contribution in [3.05, 3.63) is 0 Å². The van der Waals surface area contributed by atoms with Crippen molar-refractivity contribution in [3.8, 4) is 0 Å². The first-order valence-corrected chi connectivity index (χ1v) is 0. The Morgan fingerprint density at radius 2 is 1.25 bits per heavy atom. The van der Waals surface area contributed by atoms with Gasteiger partial charge in [0, 0.05) is 34.6 Å². The maximum atomic E-state index is 0. The summed E-state index contributed by atoms with van der Waals surface area (Å²) in [4.78, 5) is 0. The van der Waals surface area contributed by atoms with E-state index in [0.717, 1.165) is 0 Å². The molecule has 4 heteroatoms. The molecular formula is H2BClNaZr. The molecule has 0 aliphatic rings. The quantitative estimate of drug-likeness (QED) is 0.337. The van der Waals surface area contributed by atoms with Crippen LogP contribution in [-0.4, -0.2) is 8.41 Å². The molecule has 0 saturated heterocycles. The summed E-state index contributed by atoms with van der Waals surface area (Å²) >= 11 is 0. The van der Waals surface area contributed by atoms with E-state index in [-0.39, 0.29) is 78.0 Å². The minimum absolute atomic E-state index is 0. The summed E-state index contributed by atoms with van der Waals surface area (Å²) in [7, 11) is 0. The fraction of sp³-hybridized carbons (Fsp3) is 0. The Balaban J connectivity index is 0. The average Bonchev–Trinajstić information content (AvgIpc) is 0. The topological polar surface area (TPSA) is 0 Å². The second-order valence-electron chi connectivity index (χ2n) is 0. The number of rotatable bonds is 0. The van der Waals surface area contributed by atoms with Gasteiger partial charge in [-0.1, -0.05) is 0 Å². The fourth-order valence-electron chi connectivity index (χ4n) is 0. The minimum Gasteiger partial charge on any atom is -1.00 e. The van der Waals surface area contributed by atoms with Crippen molar-refractivity contribution in [1.29, 1.82) is 0 Å². The first kappa shape index (κ1) is 34.2. The molecule has 0 fully saturated rings. The molecule has 0 aromatic rings. The summed E-state index contributed by atoms with van der Waals surface area (Å²) in [6.07, 6.45) is 0. The monoisotopic (exact) mass is 161 g/mol. The standard InChI is InChI=1S/B.ClH.Na.Zr.H/h;1H;;;/q;;+1;;-1. The average molecular weight is 162 g/mol. The van der Waals surface area contributed by atoms with Gasteiger partial charge in [-0.25, -0.2) is 0 Å². The number of hydrogen-bond donors (Lipinski definition) is 0. The molecule has 0 unspecified atom stereocenters. The molecule has 17 valence electrons. The van der Waals surface area contributed by atoms with E-state index in [4.69, 9.17) is 0 Å². The molecular weight excluding hydrogens is 160 g/mol. The first-order chi connectivity index (χ1) is 0. The van der Waals surface area contributed by atoms with Crippen LogP contribution in [0, 0.1) is 0 Å². The zero-order chi connectivity index (χ0) is 0. The van der Waals surface area contributed by atoms with E-state index in [2.05, 4.69) is 0 Å². The van der Waals surface area contributed by atoms with Crippen molar-refractivity contribution >= 4 is 20.8 Å². The molecule has 0 rings (SSSR count). The Bertz CT molecular complexity index is 11.6. The van der Waals surface area contributed by atoms with Crippen LogP contribution in [0.25, 0.3) is 0 Å². The van der Waals surface area contributed by atoms with Gasteiger partial charge in [-0.15, -0.1) is 12.4 Å². The van der Waals surface area contributed by atoms with Gasteiger partial charge in [0.2, 0.25) is 0 Å². The zero-order valence-electron chi connectivity index (χ0n) is 3.49. The van der Waals surface area contributed by atoms with E-state index < -0.39 is 0 Å². The van der Waals surface area contributed by atoms with E-state index in [1.807, 2.05) is 0 Å². The maximum absolute atomic E-state index is 0. The summed E-state index contributed by atoms with van der Waals surface area (Å²) in [5, 5.41) is 0. The third kappa shape index (κ3) is 8.87. The van der Waals surface area contributed by atoms with E-state index in [1.54, 1.807) is 0 Å². The number of halogens is 1. The van der Waals surface area contributed by atoms with Crippen LogP contribution in [0.2, 0.25) is 0 Å². The van der Waals surface area contributed by atoms with Crippen molar-refractivity contribution < 1.29 is 57.2 Å². The van der Waals surface area contributed by atoms with Crippen LogP contribution in [0.5, 0.6) is 0 Å². The molecule has 0 aliphatic heterocycles. The van der Waals surface area contributed by atoms with Gasteiger partial charge in [-0.05, 0) is 0 Å². The second-order valence-corrected chi connectivity index (χ2v) is 0. The Hall–Kier alpha value is 2.24. The molecule has 0 amide bonds. The van der Waals surface area contributed by atoms with Crippen LogP contribution in [0.1, 0.15) is 1.43 Å². The summed E-state index contributed by atoms with van der Waals surface area (Å²) in [5.41, 5.74) is 0. The molecule has 0 nitrogen and oxygen atoms in total. The molecule has 0 saturated carbocycles. The second kappa shape index (κ2) is 18.8. The predicted molar refractivity (Wildman–Crippen MR) is 14.1 cm³/mol. The summed E-state index contributed by atoms with van der Waals surface area (Å²) < 4.78 is 0. The van der Waals surface area contributed by atoms with Crippen molar-refractivity contribution in [1.82, 2.24) is 0 Å². The third-order valence-electron chi connectivity index (χ3n) is 0. The fourth-order valence-corrected chi connectivity index (χ4v) is 0. The molecule has 0 aromatic heterocycles. The van der Waals surface area contributed by atoms with E-state index >= 15 is 0 Å². The van der Waals surface area contributed by atoms with Crippen LogP contribution in [0.4, 0.5) is 0 Å². The van der Waals surface area contributed by atoms with Crippen LogP contribution in [0.3, 0.4) is 0 Å². The first-order valence-electron chi connectivity index (χ1n) is 0. The Morgan fingerprint density at radius 3 is 1.25 bits per heavy atom. The van der Waals surface area contributed by atoms with E-state index in [1.165, 1.54) is 0 Å². The summed E-state index contributed by atoms with van der Waals surface area (Å²) in [6.45, 7) is 0. The zero-order valence-corrected chi connectivity index (χ0v) is 7.76. The van der Waals surface area contributed by atoms with Gasteiger partial charge >= 0.3 is 29.6 Å². The van der Waals surface area contributed by atoms with Gasteiger partial charge in [0.25, 0.3) is 0 Å². The van der Waals surface area contributed by atoms with Crippen molar-refractivity contribution in [2.45, 2.75) is 0 Å². The third-order valence-corrected chi connectivity index (χ3v) is 0. The molecule has 0 bridgehead atoms. The molecule has 0 N–H and O–H groups in total.